The molecule has 2 N–H and O–H groups in total. The van der Waals surface area contributed by atoms with Crippen molar-refractivity contribution in [1.29, 1.82) is 0 Å². The molecule has 1 aromatic carbocycles. The van der Waals surface area contributed by atoms with Gasteiger partial charge in [-0.15, -0.1) is 0 Å². The number of likely N-dealkylation sites (tertiary alicyclic amines) is 1. The lowest BCUT2D eigenvalue weighted by molar-refractivity contribution is -0.131. The molecule has 1 saturated heterocycles. The monoisotopic (exact) mass is 315 g/mol. The molecule has 2 aliphatic rings. The second-order valence-electron chi connectivity index (χ2n) is 6.50. The largest absolute Gasteiger partial charge is 0.358 e. The van der Waals surface area contributed by atoms with E-state index >= 15 is 0 Å². The van der Waals surface area contributed by atoms with Crippen LogP contribution in [0.15, 0.2) is 30.3 Å². The van der Waals surface area contributed by atoms with Crippen molar-refractivity contribution in [2.24, 2.45) is 5.92 Å². The van der Waals surface area contributed by atoms with Gasteiger partial charge >= 0.3 is 0 Å². The summed E-state index contributed by atoms with van der Waals surface area (Å²) < 4.78 is 0. The van der Waals surface area contributed by atoms with Crippen LogP contribution in [-0.4, -0.2) is 42.4 Å². The fourth-order valence-corrected chi connectivity index (χ4v) is 3.50. The van der Waals surface area contributed by atoms with Crippen LogP contribution < -0.4 is 10.6 Å². The fraction of sp³-hybridized carbons (Fsp3) is 0.556. The summed E-state index contributed by atoms with van der Waals surface area (Å²) >= 11 is 0. The number of nitrogens with zero attached hydrogens (tertiary/aromatic N) is 1. The van der Waals surface area contributed by atoms with Crippen LogP contribution in [-0.2, 0) is 16.1 Å². The van der Waals surface area contributed by atoms with Gasteiger partial charge in [-0.3, -0.25) is 14.5 Å². The van der Waals surface area contributed by atoms with Crippen molar-refractivity contribution in [1.82, 2.24) is 15.5 Å². The molecule has 0 unspecified atom stereocenters. The first-order chi connectivity index (χ1) is 11.2. The maximum atomic E-state index is 12.6. The van der Waals surface area contributed by atoms with E-state index in [1.807, 2.05) is 30.3 Å². The smallest absolute Gasteiger partial charge is 0.237 e. The Kier molecular flexibility index (Phi) is 4.96. The Morgan fingerprint density at radius 1 is 1.22 bits per heavy atom. The fourth-order valence-electron chi connectivity index (χ4n) is 3.50. The number of amides is 2. The van der Waals surface area contributed by atoms with Crippen molar-refractivity contribution < 1.29 is 9.59 Å². The predicted octanol–water partition coefficient (Wildman–Crippen LogP) is 1.29. The number of rotatable bonds is 6. The van der Waals surface area contributed by atoms with E-state index in [1.54, 1.807) is 7.05 Å². The molecule has 3 rings (SSSR count). The van der Waals surface area contributed by atoms with Gasteiger partial charge in [0.25, 0.3) is 0 Å². The van der Waals surface area contributed by atoms with Crippen molar-refractivity contribution in [3.8, 4) is 0 Å². The molecule has 1 aromatic rings. The van der Waals surface area contributed by atoms with E-state index in [-0.39, 0.29) is 23.9 Å². The molecule has 1 aliphatic heterocycles. The van der Waals surface area contributed by atoms with Crippen molar-refractivity contribution in [3.63, 3.8) is 0 Å². The van der Waals surface area contributed by atoms with Crippen LogP contribution in [0.3, 0.4) is 0 Å². The standard InChI is InChI=1S/C18H25N3O2/c1-19-18(23)16(14-9-10-14)21-11-5-8-15(21)17(22)20-12-13-6-3-2-4-7-13/h2-4,6-7,14-16H,5,8-12H2,1H3,(H,19,23)(H,20,22)/t15-,16+/m0/s1. The first-order valence-corrected chi connectivity index (χ1v) is 8.49. The highest BCUT2D eigenvalue weighted by molar-refractivity contribution is 5.86. The third kappa shape index (κ3) is 3.72. The average molecular weight is 315 g/mol. The number of carbonyl (C=O) groups is 2. The zero-order valence-electron chi connectivity index (χ0n) is 13.6. The van der Waals surface area contributed by atoms with Crippen LogP contribution in [0, 0.1) is 5.92 Å². The van der Waals surface area contributed by atoms with Crippen LogP contribution >= 0.6 is 0 Å². The molecule has 1 saturated carbocycles. The van der Waals surface area contributed by atoms with Gasteiger partial charge in [-0.2, -0.15) is 0 Å². The summed E-state index contributed by atoms with van der Waals surface area (Å²) in [6.45, 7) is 1.37. The van der Waals surface area contributed by atoms with Gasteiger partial charge in [0.05, 0.1) is 12.1 Å². The van der Waals surface area contributed by atoms with Gasteiger partial charge in [0, 0.05) is 13.6 Å². The Balaban J connectivity index is 1.63. The number of benzene rings is 1. The van der Waals surface area contributed by atoms with E-state index in [0.717, 1.165) is 37.8 Å². The minimum atomic E-state index is -0.179. The Morgan fingerprint density at radius 2 is 1.96 bits per heavy atom. The molecule has 1 aliphatic carbocycles. The highest BCUT2D eigenvalue weighted by Gasteiger charge is 2.45. The van der Waals surface area contributed by atoms with Gasteiger partial charge in [-0.1, -0.05) is 30.3 Å². The molecule has 5 nitrogen and oxygen atoms in total. The molecular formula is C18H25N3O2. The molecular weight excluding hydrogens is 290 g/mol. The van der Waals surface area contributed by atoms with Crippen LogP contribution in [0.5, 0.6) is 0 Å². The van der Waals surface area contributed by atoms with Crippen LogP contribution in [0.2, 0.25) is 0 Å². The summed E-state index contributed by atoms with van der Waals surface area (Å²) in [6, 6.07) is 9.59. The summed E-state index contributed by atoms with van der Waals surface area (Å²) in [6.07, 6.45) is 3.99. The molecule has 2 amide bonds. The van der Waals surface area contributed by atoms with Crippen LogP contribution in [0.25, 0.3) is 0 Å². The number of hydrogen-bond acceptors (Lipinski definition) is 3. The Hall–Kier alpha value is -1.88. The van der Waals surface area contributed by atoms with Crippen molar-refractivity contribution in [3.05, 3.63) is 35.9 Å². The lowest BCUT2D eigenvalue weighted by atomic mass is 10.1. The molecule has 5 heteroatoms. The van der Waals surface area contributed by atoms with E-state index < -0.39 is 0 Å². The molecule has 0 aromatic heterocycles. The third-order valence-electron chi connectivity index (χ3n) is 4.85. The first kappa shape index (κ1) is 16.0. The number of carbonyl (C=O) groups excluding carboxylic acids is 2. The SMILES string of the molecule is CNC(=O)[C@@H](C1CC1)N1CCC[C@H]1C(=O)NCc1ccccc1. The second kappa shape index (κ2) is 7.13. The van der Waals surface area contributed by atoms with E-state index in [2.05, 4.69) is 15.5 Å². The quantitative estimate of drug-likeness (QED) is 0.831. The summed E-state index contributed by atoms with van der Waals surface area (Å²) in [5.74, 6) is 0.508. The van der Waals surface area contributed by atoms with E-state index in [1.165, 1.54) is 0 Å². The zero-order valence-corrected chi connectivity index (χ0v) is 13.6. The van der Waals surface area contributed by atoms with Crippen LogP contribution in [0.1, 0.15) is 31.2 Å². The maximum absolute atomic E-state index is 12.6. The molecule has 23 heavy (non-hydrogen) atoms. The summed E-state index contributed by atoms with van der Waals surface area (Å²) in [5, 5.41) is 5.80. The lowest BCUT2D eigenvalue weighted by Crippen LogP contribution is -2.53. The van der Waals surface area contributed by atoms with Crippen LogP contribution in [0.4, 0.5) is 0 Å². The molecule has 0 radical (unpaired) electrons. The molecule has 1 heterocycles. The highest BCUT2D eigenvalue weighted by Crippen LogP contribution is 2.38. The second-order valence-corrected chi connectivity index (χ2v) is 6.50. The van der Waals surface area contributed by atoms with E-state index in [0.29, 0.717) is 12.5 Å². The highest BCUT2D eigenvalue weighted by atomic mass is 16.2. The van der Waals surface area contributed by atoms with Crippen molar-refractivity contribution in [2.45, 2.75) is 44.3 Å². The molecule has 124 valence electrons. The summed E-state index contributed by atoms with van der Waals surface area (Å²) in [5.41, 5.74) is 1.09. The van der Waals surface area contributed by atoms with Gasteiger partial charge in [-0.25, -0.2) is 0 Å². The normalized spacial score (nSPS) is 22.6. The van der Waals surface area contributed by atoms with Gasteiger partial charge < -0.3 is 10.6 Å². The van der Waals surface area contributed by atoms with Gasteiger partial charge in [0.2, 0.25) is 11.8 Å². The minimum absolute atomic E-state index is 0.0425. The summed E-state index contributed by atoms with van der Waals surface area (Å²) in [4.78, 5) is 27.0. The molecule has 0 spiro atoms. The number of hydrogen-bond donors (Lipinski definition) is 2. The molecule has 2 atom stereocenters. The zero-order chi connectivity index (χ0) is 16.2. The van der Waals surface area contributed by atoms with Crippen molar-refractivity contribution in [2.75, 3.05) is 13.6 Å². The third-order valence-corrected chi connectivity index (χ3v) is 4.85. The van der Waals surface area contributed by atoms with Gasteiger partial charge in [0.1, 0.15) is 0 Å². The van der Waals surface area contributed by atoms with Crippen molar-refractivity contribution >= 4 is 11.8 Å². The lowest BCUT2D eigenvalue weighted by Gasteiger charge is -2.31. The predicted molar refractivity (Wildman–Crippen MR) is 88.6 cm³/mol. The Labute approximate surface area is 137 Å². The van der Waals surface area contributed by atoms with E-state index in [4.69, 9.17) is 0 Å². The Bertz CT molecular complexity index is 557. The first-order valence-electron chi connectivity index (χ1n) is 8.49. The van der Waals surface area contributed by atoms with Gasteiger partial charge in [-0.05, 0) is 43.7 Å². The average Bonchev–Trinajstić information content (AvgIpc) is 3.30. The number of nitrogens with one attached hydrogen (secondary N) is 2. The Morgan fingerprint density at radius 3 is 2.61 bits per heavy atom. The minimum Gasteiger partial charge on any atom is -0.358 e. The number of likely N-dealkylation sites (N-methyl/N-ethyl adjacent to an activating group) is 1. The maximum Gasteiger partial charge on any atom is 0.237 e. The molecule has 2 fully saturated rings. The molecule has 0 bridgehead atoms. The van der Waals surface area contributed by atoms with E-state index in [9.17, 15) is 9.59 Å². The van der Waals surface area contributed by atoms with Gasteiger partial charge in [0.15, 0.2) is 0 Å². The summed E-state index contributed by atoms with van der Waals surface area (Å²) in [7, 11) is 1.68. The topological polar surface area (TPSA) is 61.4 Å².